The van der Waals surface area contributed by atoms with Crippen LogP contribution in [0.15, 0.2) is 60.8 Å². The third-order valence-corrected chi connectivity index (χ3v) is 5.73. The minimum absolute atomic E-state index is 0.164. The van der Waals surface area contributed by atoms with Gasteiger partial charge in [0.05, 0.1) is 11.1 Å². The van der Waals surface area contributed by atoms with Gasteiger partial charge in [-0.15, -0.1) is 0 Å². The summed E-state index contributed by atoms with van der Waals surface area (Å²) in [6.45, 7) is 1.71. The second-order valence-electron chi connectivity index (χ2n) is 7.62. The van der Waals surface area contributed by atoms with Gasteiger partial charge in [-0.1, -0.05) is 41.9 Å². The lowest BCUT2D eigenvalue weighted by Gasteiger charge is -2.39. The minimum Gasteiger partial charge on any atom is -0.445 e. The summed E-state index contributed by atoms with van der Waals surface area (Å²) in [5.41, 5.74) is 1.91. The van der Waals surface area contributed by atoms with Crippen molar-refractivity contribution in [2.24, 2.45) is 0 Å². The van der Waals surface area contributed by atoms with Gasteiger partial charge in [0, 0.05) is 41.9 Å². The molecule has 1 saturated heterocycles. The summed E-state index contributed by atoms with van der Waals surface area (Å²) in [7, 11) is 0. The Morgan fingerprint density at radius 2 is 1.93 bits per heavy atom. The lowest BCUT2D eigenvalue weighted by Crippen LogP contribution is -2.51. The highest BCUT2D eigenvalue weighted by Gasteiger charge is 2.33. The first kappa shape index (κ1) is 20.4. The number of amides is 1. The van der Waals surface area contributed by atoms with E-state index < -0.39 is 11.7 Å². The number of hydrogen-bond acceptors (Lipinski definition) is 5. The van der Waals surface area contributed by atoms with Crippen LogP contribution in [0.4, 0.5) is 10.5 Å². The third-order valence-electron chi connectivity index (χ3n) is 5.49. The molecule has 0 bridgehead atoms. The van der Waals surface area contributed by atoms with E-state index in [1.807, 2.05) is 54.6 Å². The number of nitrogens with one attached hydrogen (secondary N) is 1. The number of aliphatic hydroxyl groups is 1. The van der Waals surface area contributed by atoms with Crippen LogP contribution in [0, 0.1) is 0 Å². The van der Waals surface area contributed by atoms with Crippen LogP contribution in [0.3, 0.4) is 0 Å². The Morgan fingerprint density at radius 3 is 2.70 bits per heavy atom. The number of piperidine rings is 1. The van der Waals surface area contributed by atoms with Crippen LogP contribution in [0.5, 0.6) is 0 Å². The van der Waals surface area contributed by atoms with E-state index in [1.54, 1.807) is 6.20 Å². The van der Waals surface area contributed by atoms with Crippen LogP contribution >= 0.6 is 11.6 Å². The maximum atomic E-state index is 12.0. The summed E-state index contributed by atoms with van der Waals surface area (Å²) in [6, 6.07) is 17.1. The topological polar surface area (TPSA) is 74.7 Å². The molecular weight excluding hydrogens is 402 g/mol. The molecule has 2 N–H and O–H groups in total. The van der Waals surface area contributed by atoms with Crippen molar-refractivity contribution in [2.45, 2.75) is 25.0 Å². The van der Waals surface area contributed by atoms with Crippen molar-refractivity contribution in [3.05, 3.63) is 71.4 Å². The Kier molecular flexibility index (Phi) is 6.06. The van der Waals surface area contributed by atoms with Gasteiger partial charge < -0.3 is 20.1 Å². The van der Waals surface area contributed by atoms with Crippen LogP contribution in [0.2, 0.25) is 5.02 Å². The molecule has 0 radical (unpaired) electrons. The van der Waals surface area contributed by atoms with E-state index in [2.05, 4.69) is 15.2 Å². The van der Waals surface area contributed by atoms with Gasteiger partial charge >= 0.3 is 6.09 Å². The molecule has 2 heterocycles. The Bertz CT molecular complexity index is 1020. The molecule has 1 aromatic heterocycles. The van der Waals surface area contributed by atoms with Gasteiger partial charge in [0.15, 0.2) is 0 Å². The molecule has 156 valence electrons. The van der Waals surface area contributed by atoms with Crippen molar-refractivity contribution in [1.29, 1.82) is 0 Å². The summed E-state index contributed by atoms with van der Waals surface area (Å²) in [4.78, 5) is 18.6. The number of halogens is 1. The van der Waals surface area contributed by atoms with Gasteiger partial charge in [-0.05, 0) is 42.7 Å². The number of anilines is 1. The molecule has 0 unspecified atom stereocenters. The summed E-state index contributed by atoms with van der Waals surface area (Å²) >= 11 is 6.17. The number of alkyl carbamates (subject to hydrolysis) is 1. The molecule has 1 amide bonds. The normalized spacial score (nSPS) is 15.7. The number of fused-ring (bicyclic) bond motifs is 1. The number of carbonyl (C=O) groups is 1. The molecule has 7 heteroatoms. The van der Waals surface area contributed by atoms with E-state index in [0.29, 0.717) is 31.0 Å². The Hall–Kier alpha value is -2.83. The predicted octanol–water partition coefficient (Wildman–Crippen LogP) is 4.15. The molecule has 0 aliphatic carbocycles. The second-order valence-corrected chi connectivity index (χ2v) is 8.05. The zero-order valence-corrected chi connectivity index (χ0v) is 17.3. The highest BCUT2D eigenvalue weighted by molar-refractivity contribution is 6.31. The van der Waals surface area contributed by atoms with Crippen LogP contribution in [-0.2, 0) is 11.3 Å². The molecule has 4 rings (SSSR count). The maximum Gasteiger partial charge on any atom is 0.407 e. The van der Waals surface area contributed by atoms with Gasteiger partial charge in [0.1, 0.15) is 6.61 Å². The van der Waals surface area contributed by atoms with Crippen molar-refractivity contribution in [3.63, 3.8) is 0 Å². The molecule has 0 atom stereocenters. The molecule has 0 saturated carbocycles. The fourth-order valence-electron chi connectivity index (χ4n) is 3.73. The van der Waals surface area contributed by atoms with E-state index in [0.717, 1.165) is 22.2 Å². The van der Waals surface area contributed by atoms with E-state index in [9.17, 15) is 9.90 Å². The summed E-state index contributed by atoms with van der Waals surface area (Å²) in [5.74, 6) is 0. The van der Waals surface area contributed by atoms with Gasteiger partial charge in [-0.3, -0.25) is 4.98 Å². The number of ether oxygens (including phenoxy) is 1. The first-order valence-electron chi connectivity index (χ1n) is 9.99. The number of carbonyl (C=O) groups excluding carboxylic acids is 1. The maximum absolute atomic E-state index is 12.0. The number of pyridine rings is 1. The summed E-state index contributed by atoms with van der Waals surface area (Å²) in [5, 5.41) is 15.3. The summed E-state index contributed by atoms with van der Waals surface area (Å²) < 4.78 is 5.22. The average Bonchev–Trinajstić information content (AvgIpc) is 2.77. The molecule has 1 fully saturated rings. The number of benzene rings is 2. The molecule has 1 aliphatic rings. The summed E-state index contributed by atoms with van der Waals surface area (Å²) in [6.07, 6.45) is 2.34. The zero-order chi connectivity index (χ0) is 21.0. The van der Waals surface area contributed by atoms with Crippen LogP contribution < -0.4 is 10.2 Å². The van der Waals surface area contributed by atoms with E-state index in [4.69, 9.17) is 16.3 Å². The fraction of sp³-hybridized carbons (Fsp3) is 0.304. The number of nitrogens with zero attached hydrogens (tertiary/aromatic N) is 2. The fourth-order valence-corrected chi connectivity index (χ4v) is 3.90. The molecule has 6 nitrogen and oxygen atoms in total. The van der Waals surface area contributed by atoms with Gasteiger partial charge in [-0.2, -0.15) is 0 Å². The molecule has 3 aromatic rings. The predicted molar refractivity (Wildman–Crippen MR) is 118 cm³/mol. The van der Waals surface area contributed by atoms with Crippen molar-refractivity contribution < 1.29 is 14.6 Å². The molecule has 0 spiro atoms. The number of rotatable bonds is 5. The van der Waals surface area contributed by atoms with Crippen molar-refractivity contribution in [2.75, 3.05) is 24.5 Å². The Balaban J connectivity index is 1.31. The Labute approximate surface area is 180 Å². The average molecular weight is 426 g/mol. The number of aromatic nitrogens is 1. The van der Waals surface area contributed by atoms with Gasteiger partial charge in [-0.25, -0.2) is 4.79 Å². The van der Waals surface area contributed by atoms with Crippen molar-refractivity contribution in [3.8, 4) is 0 Å². The third kappa shape index (κ3) is 4.83. The molecule has 2 aromatic carbocycles. The zero-order valence-electron chi connectivity index (χ0n) is 16.6. The van der Waals surface area contributed by atoms with Crippen molar-refractivity contribution in [1.82, 2.24) is 10.3 Å². The highest BCUT2D eigenvalue weighted by atomic mass is 35.5. The Morgan fingerprint density at radius 1 is 1.17 bits per heavy atom. The van der Waals surface area contributed by atoms with Crippen LogP contribution in [0.1, 0.15) is 18.4 Å². The SMILES string of the molecule is O=C(NCC1(O)CCN(c2ccnc3ccc(Cl)cc23)CC1)OCc1ccccc1. The second kappa shape index (κ2) is 8.90. The van der Waals surface area contributed by atoms with E-state index in [-0.39, 0.29) is 13.2 Å². The lowest BCUT2D eigenvalue weighted by molar-refractivity contribution is 0.0156. The molecule has 1 aliphatic heterocycles. The largest absolute Gasteiger partial charge is 0.445 e. The van der Waals surface area contributed by atoms with E-state index in [1.165, 1.54) is 0 Å². The van der Waals surface area contributed by atoms with Gasteiger partial charge in [0.25, 0.3) is 0 Å². The number of hydrogen-bond donors (Lipinski definition) is 2. The standard InChI is InChI=1S/C23H24ClN3O3/c24-18-6-7-20-19(14-18)21(8-11-25-20)27-12-9-23(29,10-13-27)16-26-22(28)30-15-17-4-2-1-3-5-17/h1-8,11,14,29H,9-10,12-13,15-16H2,(H,26,28). The first-order valence-corrected chi connectivity index (χ1v) is 10.4. The smallest absolute Gasteiger partial charge is 0.407 e. The van der Waals surface area contributed by atoms with Crippen LogP contribution in [-0.4, -0.2) is 41.4 Å². The molecular formula is C23H24ClN3O3. The lowest BCUT2D eigenvalue weighted by atomic mass is 9.91. The van der Waals surface area contributed by atoms with E-state index >= 15 is 0 Å². The monoisotopic (exact) mass is 425 g/mol. The van der Waals surface area contributed by atoms with Crippen LogP contribution in [0.25, 0.3) is 10.9 Å². The minimum atomic E-state index is -0.956. The first-order chi connectivity index (χ1) is 14.5. The quantitative estimate of drug-likeness (QED) is 0.642. The highest BCUT2D eigenvalue weighted by Crippen LogP contribution is 2.32. The van der Waals surface area contributed by atoms with Gasteiger partial charge in [0.2, 0.25) is 0 Å². The molecule has 30 heavy (non-hydrogen) atoms. The van der Waals surface area contributed by atoms with Crippen molar-refractivity contribution >= 4 is 34.3 Å².